The fourth-order valence-corrected chi connectivity index (χ4v) is 2.53. The summed E-state index contributed by atoms with van der Waals surface area (Å²) >= 11 is 0. The number of aliphatic hydroxyl groups is 1. The van der Waals surface area contributed by atoms with E-state index in [2.05, 4.69) is 10.3 Å². The number of hydrogen-bond acceptors (Lipinski definition) is 5. The number of pyridine rings is 1. The molecule has 0 aliphatic rings. The largest absolute Gasteiger partial charge is 0.388 e. The van der Waals surface area contributed by atoms with Crippen LogP contribution in [0.15, 0.2) is 23.2 Å². The molecule has 1 aromatic heterocycles. The number of nitrogens with zero attached hydrogens (tertiary/aromatic N) is 1. The molecule has 0 spiro atoms. The lowest BCUT2D eigenvalue weighted by atomic mass is 10.0. The fourth-order valence-electron chi connectivity index (χ4n) is 1.72. The molecule has 1 atom stereocenters. The summed E-state index contributed by atoms with van der Waals surface area (Å²) < 4.78 is 23.1. The first-order valence-electron chi connectivity index (χ1n) is 5.87. The second-order valence-corrected chi connectivity index (χ2v) is 6.71. The third-order valence-electron chi connectivity index (χ3n) is 2.60. The molecule has 1 aromatic rings. The van der Waals surface area contributed by atoms with E-state index in [0.29, 0.717) is 6.42 Å². The molecule has 1 unspecified atom stereocenters. The van der Waals surface area contributed by atoms with Crippen molar-refractivity contribution in [2.75, 3.05) is 18.1 Å². The van der Waals surface area contributed by atoms with E-state index < -0.39 is 15.4 Å². The van der Waals surface area contributed by atoms with E-state index in [-0.39, 0.29) is 17.3 Å². The number of aromatic nitrogens is 1. The Hall–Kier alpha value is -1.14. The Morgan fingerprint density at radius 2 is 2.17 bits per heavy atom. The molecule has 0 amide bonds. The molecule has 1 heterocycles. The van der Waals surface area contributed by atoms with Crippen molar-refractivity contribution in [1.29, 1.82) is 0 Å². The minimum absolute atomic E-state index is 0.150. The molecule has 0 saturated heterocycles. The molecule has 0 aliphatic carbocycles. The zero-order valence-electron chi connectivity index (χ0n) is 11.0. The average molecular weight is 272 g/mol. The normalized spacial score (nSPS) is 15.1. The van der Waals surface area contributed by atoms with E-state index in [1.54, 1.807) is 13.0 Å². The van der Waals surface area contributed by atoms with Gasteiger partial charge in [-0.3, -0.25) is 0 Å². The molecule has 0 saturated carbocycles. The Morgan fingerprint density at radius 3 is 2.72 bits per heavy atom. The summed E-state index contributed by atoms with van der Waals surface area (Å²) in [6, 6.07) is 3.07. The van der Waals surface area contributed by atoms with Crippen molar-refractivity contribution in [2.45, 2.75) is 37.2 Å². The van der Waals surface area contributed by atoms with Gasteiger partial charge in [-0.2, -0.15) is 0 Å². The van der Waals surface area contributed by atoms with Gasteiger partial charge in [0.15, 0.2) is 9.84 Å². The van der Waals surface area contributed by atoms with Gasteiger partial charge in [0.05, 0.1) is 5.60 Å². The molecule has 6 heteroatoms. The third kappa shape index (κ3) is 4.27. The van der Waals surface area contributed by atoms with E-state index in [9.17, 15) is 13.5 Å². The summed E-state index contributed by atoms with van der Waals surface area (Å²) in [5, 5.41) is 12.9. The standard InChI is InChI=1S/C12H20N2O3S/c1-4-7-12(2,15)9-14-11-10(18(3,16)17)6-5-8-13-11/h5-6,8,15H,4,7,9H2,1-3H3,(H,13,14). The van der Waals surface area contributed by atoms with Crippen molar-refractivity contribution in [2.24, 2.45) is 0 Å². The topological polar surface area (TPSA) is 79.3 Å². The van der Waals surface area contributed by atoms with Crippen LogP contribution in [0.5, 0.6) is 0 Å². The van der Waals surface area contributed by atoms with Gasteiger partial charge in [0.25, 0.3) is 0 Å². The van der Waals surface area contributed by atoms with Crippen molar-refractivity contribution < 1.29 is 13.5 Å². The van der Waals surface area contributed by atoms with Crippen LogP contribution in [-0.2, 0) is 9.84 Å². The third-order valence-corrected chi connectivity index (χ3v) is 3.72. The molecule has 102 valence electrons. The average Bonchev–Trinajstić information content (AvgIpc) is 2.26. The highest BCUT2D eigenvalue weighted by Gasteiger charge is 2.21. The Balaban J connectivity index is 2.86. The van der Waals surface area contributed by atoms with Crippen LogP contribution >= 0.6 is 0 Å². The first-order valence-corrected chi connectivity index (χ1v) is 7.77. The second-order valence-electron chi connectivity index (χ2n) is 4.72. The Morgan fingerprint density at radius 1 is 1.50 bits per heavy atom. The van der Waals surface area contributed by atoms with E-state index >= 15 is 0 Å². The maximum absolute atomic E-state index is 11.6. The van der Waals surface area contributed by atoms with Crippen LogP contribution in [0.25, 0.3) is 0 Å². The summed E-state index contributed by atoms with van der Waals surface area (Å²) in [6.07, 6.45) is 4.15. The monoisotopic (exact) mass is 272 g/mol. The Bertz CT molecular complexity index is 498. The number of anilines is 1. The molecule has 18 heavy (non-hydrogen) atoms. The van der Waals surface area contributed by atoms with Crippen LogP contribution in [0.1, 0.15) is 26.7 Å². The number of rotatable bonds is 6. The molecule has 0 aliphatic heterocycles. The maximum atomic E-state index is 11.6. The van der Waals surface area contributed by atoms with Crippen LogP contribution in [-0.4, -0.2) is 36.9 Å². The minimum Gasteiger partial charge on any atom is -0.388 e. The molecule has 0 radical (unpaired) electrons. The van der Waals surface area contributed by atoms with Crippen molar-refractivity contribution in [3.8, 4) is 0 Å². The molecular weight excluding hydrogens is 252 g/mol. The van der Waals surface area contributed by atoms with Crippen LogP contribution in [0.4, 0.5) is 5.82 Å². The molecule has 0 aromatic carbocycles. The van der Waals surface area contributed by atoms with Crippen LogP contribution in [0.2, 0.25) is 0 Å². The molecular formula is C12H20N2O3S. The molecule has 1 rings (SSSR count). The van der Waals surface area contributed by atoms with E-state index in [4.69, 9.17) is 0 Å². The van der Waals surface area contributed by atoms with E-state index in [1.807, 2.05) is 6.92 Å². The van der Waals surface area contributed by atoms with Crippen molar-refractivity contribution >= 4 is 15.7 Å². The highest BCUT2D eigenvalue weighted by molar-refractivity contribution is 7.90. The van der Waals surface area contributed by atoms with Gasteiger partial charge in [0.1, 0.15) is 10.7 Å². The van der Waals surface area contributed by atoms with E-state index in [1.165, 1.54) is 12.3 Å². The van der Waals surface area contributed by atoms with E-state index in [0.717, 1.165) is 12.7 Å². The van der Waals surface area contributed by atoms with Gasteiger partial charge in [-0.1, -0.05) is 13.3 Å². The van der Waals surface area contributed by atoms with Gasteiger partial charge in [-0.05, 0) is 25.5 Å². The Labute approximate surface area is 108 Å². The fraction of sp³-hybridized carbons (Fsp3) is 0.583. The lowest BCUT2D eigenvalue weighted by Gasteiger charge is -2.23. The quantitative estimate of drug-likeness (QED) is 0.819. The van der Waals surface area contributed by atoms with Crippen molar-refractivity contribution in [1.82, 2.24) is 4.98 Å². The highest BCUT2D eigenvalue weighted by Crippen LogP contribution is 2.19. The number of hydrogen-bond donors (Lipinski definition) is 2. The zero-order chi connectivity index (χ0) is 13.8. The summed E-state index contributed by atoms with van der Waals surface area (Å²) in [5.41, 5.74) is -0.874. The van der Waals surface area contributed by atoms with Gasteiger partial charge >= 0.3 is 0 Å². The lowest BCUT2D eigenvalue weighted by molar-refractivity contribution is 0.0635. The van der Waals surface area contributed by atoms with Crippen LogP contribution < -0.4 is 5.32 Å². The minimum atomic E-state index is -3.32. The first kappa shape index (κ1) is 14.9. The van der Waals surface area contributed by atoms with Crippen molar-refractivity contribution in [3.05, 3.63) is 18.3 Å². The zero-order valence-corrected chi connectivity index (χ0v) is 11.8. The summed E-state index contributed by atoms with van der Waals surface area (Å²) in [6.45, 7) is 3.96. The molecule has 5 nitrogen and oxygen atoms in total. The van der Waals surface area contributed by atoms with Gasteiger partial charge in [-0.15, -0.1) is 0 Å². The molecule has 2 N–H and O–H groups in total. The highest BCUT2D eigenvalue weighted by atomic mass is 32.2. The first-order chi connectivity index (χ1) is 8.26. The summed E-state index contributed by atoms with van der Waals surface area (Å²) in [5.74, 6) is 0.288. The number of nitrogens with one attached hydrogen (secondary N) is 1. The predicted molar refractivity (Wildman–Crippen MR) is 71.4 cm³/mol. The molecule has 0 fully saturated rings. The van der Waals surface area contributed by atoms with Crippen LogP contribution in [0.3, 0.4) is 0 Å². The maximum Gasteiger partial charge on any atom is 0.179 e. The number of sulfone groups is 1. The van der Waals surface area contributed by atoms with Gasteiger partial charge < -0.3 is 10.4 Å². The SMILES string of the molecule is CCCC(C)(O)CNc1ncccc1S(C)(=O)=O. The van der Waals surface area contributed by atoms with Gasteiger partial charge in [-0.25, -0.2) is 13.4 Å². The van der Waals surface area contributed by atoms with Gasteiger partial charge in [0, 0.05) is 19.0 Å². The summed E-state index contributed by atoms with van der Waals surface area (Å²) in [4.78, 5) is 4.16. The van der Waals surface area contributed by atoms with Crippen LogP contribution in [0, 0.1) is 0 Å². The lowest BCUT2D eigenvalue weighted by Crippen LogP contribution is -2.33. The predicted octanol–water partition coefficient (Wildman–Crippen LogP) is 1.45. The summed E-state index contributed by atoms with van der Waals surface area (Å²) in [7, 11) is -3.32. The molecule has 0 bridgehead atoms. The smallest absolute Gasteiger partial charge is 0.179 e. The van der Waals surface area contributed by atoms with Crippen molar-refractivity contribution in [3.63, 3.8) is 0 Å². The van der Waals surface area contributed by atoms with Gasteiger partial charge in [0.2, 0.25) is 0 Å². The second kappa shape index (κ2) is 5.67. The Kier molecular flexibility index (Phi) is 4.70.